The highest BCUT2D eigenvalue weighted by Gasteiger charge is 2.06. The van der Waals surface area contributed by atoms with Crippen molar-refractivity contribution in [2.75, 3.05) is 24.8 Å². The van der Waals surface area contributed by atoms with E-state index in [9.17, 15) is 4.79 Å². The van der Waals surface area contributed by atoms with E-state index < -0.39 is 0 Å². The lowest BCUT2D eigenvalue weighted by atomic mass is 10.6. The fourth-order valence-corrected chi connectivity index (χ4v) is 1.77. The Morgan fingerprint density at radius 3 is 2.68 bits per heavy atom. The number of halogens is 2. The Bertz CT molecular complexity index is 616. The van der Waals surface area contributed by atoms with Crippen LogP contribution < -0.4 is 5.56 Å². The summed E-state index contributed by atoms with van der Waals surface area (Å²) in [6.45, 7) is 1.05. The van der Waals surface area contributed by atoms with Crippen LogP contribution in [-0.4, -0.2) is 49.8 Å². The lowest BCUT2D eigenvalue weighted by Crippen LogP contribution is -2.21. The Hall–Kier alpha value is -1.67. The van der Waals surface area contributed by atoms with E-state index in [0.717, 1.165) is 0 Å². The van der Waals surface area contributed by atoms with Crippen molar-refractivity contribution in [1.29, 1.82) is 0 Å². The summed E-state index contributed by atoms with van der Waals surface area (Å²) in [6, 6.07) is 0. The van der Waals surface area contributed by atoms with Gasteiger partial charge in [-0.05, 0) is 0 Å². The average Bonchev–Trinajstić information content (AvgIpc) is 2.81. The lowest BCUT2D eigenvalue weighted by molar-refractivity contribution is 0.303. The van der Waals surface area contributed by atoms with Gasteiger partial charge in [0.25, 0.3) is 11.5 Å². The lowest BCUT2D eigenvalue weighted by Gasteiger charge is -2.13. The van der Waals surface area contributed by atoms with Crippen LogP contribution in [0.5, 0.6) is 0 Å². The molecule has 2 aromatic heterocycles. The van der Waals surface area contributed by atoms with Crippen molar-refractivity contribution in [3.05, 3.63) is 16.7 Å². The van der Waals surface area contributed by atoms with Crippen molar-refractivity contribution < 1.29 is 0 Å². The third kappa shape index (κ3) is 3.42. The normalized spacial score (nSPS) is 11.5. The average molecular weight is 304 g/mol. The predicted octanol–water partition coefficient (Wildman–Crippen LogP) is 1.42. The Morgan fingerprint density at radius 1 is 1.32 bits per heavy atom. The van der Waals surface area contributed by atoms with Gasteiger partial charge in [-0.1, -0.05) is 10.3 Å². The molecule has 0 unspecified atom stereocenters. The molecule has 0 bridgehead atoms. The topological polar surface area (TPSA) is 102 Å². The zero-order valence-corrected chi connectivity index (χ0v) is 11.3. The zero-order valence-electron chi connectivity index (χ0n) is 9.81. The number of hydrogen-bond donors (Lipinski definition) is 2. The predicted molar refractivity (Wildman–Crippen MR) is 72.0 cm³/mol. The van der Waals surface area contributed by atoms with E-state index in [1.165, 1.54) is 6.33 Å². The van der Waals surface area contributed by atoms with Crippen molar-refractivity contribution >= 4 is 40.3 Å². The first-order valence-corrected chi connectivity index (χ1v) is 6.53. The summed E-state index contributed by atoms with van der Waals surface area (Å²) in [6.07, 6.45) is 1.28. The van der Waals surface area contributed by atoms with Gasteiger partial charge >= 0.3 is 0 Å². The molecule has 2 aromatic rings. The molecule has 2 N–H and O–H groups in total. The maximum Gasteiger partial charge on any atom is 0.276 e. The molecule has 2 heterocycles. The molecule has 0 radical (unpaired) electrons. The number of rotatable bonds is 6. The van der Waals surface area contributed by atoms with E-state index in [1.54, 1.807) is 5.01 Å². The standard InChI is InChI=1S/C9H11Cl2N7O/c10-1-3-18(4-2-11)17-16-9-14-6-7(15-9)12-5-13-8(6)19/h5H,1-4H2,(H2,12,13,14,15,19)/b17-16+. The number of aromatic amines is 2. The Labute approximate surface area is 117 Å². The molecule has 19 heavy (non-hydrogen) atoms. The van der Waals surface area contributed by atoms with Gasteiger partial charge in [0.15, 0.2) is 11.2 Å². The quantitative estimate of drug-likeness (QED) is 0.478. The highest BCUT2D eigenvalue weighted by molar-refractivity contribution is 6.18. The summed E-state index contributed by atoms with van der Waals surface area (Å²) in [5, 5.41) is 9.47. The highest BCUT2D eigenvalue weighted by atomic mass is 35.5. The van der Waals surface area contributed by atoms with Crippen LogP contribution in [0.3, 0.4) is 0 Å². The summed E-state index contributed by atoms with van der Waals surface area (Å²) in [4.78, 5) is 24.6. The number of hydrogen-bond acceptors (Lipinski definition) is 5. The number of H-pyrrole nitrogens is 2. The van der Waals surface area contributed by atoms with Gasteiger partial charge in [0.2, 0.25) is 0 Å². The maximum absolute atomic E-state index is 11.5. The summed E-state index contributed by atoms with van der Waals surface area (Å²) >= 11 is 11.3. The molecule has 2 rings (SSSR count). The minimum absolute atomic E-state index is 0.202. The van der Waals surface area contributed by atoms with Crippen molar-refractivity contribution in [2.45, 2.75) is 0 Å². The van der Waals surface area contributed by atoms with Crippen molar-refractivity contribution in [3.8, 4) is 0 Å². The first kappa shape index (κ1) is 13.8. The fourth-order valence-electron chi connectivity index (χ4n) is 1.38. The van der Waals surface area contributed by atoms with Crippen LogP contribution >= 0.6 is 23.2 Å². The Morgan fingerprint density at radius 2 is 2.05 bits per heavy atom. The van der Waals surface area contributed by atoms with Crippen molar-refractivity contribution in [1.82, 2.24) is 24.9 Å². The van der Waals surface area contributed by atoms with Crippen LogP contribution in [0, 0.1) is 0 Å². The second kappa shape index (κ2) is 6.48. The van der Waals surface area contributed by atoms with Gasteiger partial charge in [0.05, 0.1) is 19.4 Å². The van der Waals surface area contributed by atoms with E-state index in [1.807, 2.05) is 0 Å². The first-order valence-electron chi connectivity index (χ1n) is 5.46. The Kier molecular flexibility index (Phi) is 4.69. The summed E-state index contributed by atoms with van der Waals surface area (Å²) in [5.74, 6) is 1.03. The van der Waals surface area contributed by atoms with Gasteiger partial charge in [-0.3, -0.25) is 9.80 Å². The summed E-state index contributed by atoms with van der Waals surface area (Å²) in [7, 11) is 0. The van der Waals surface area contributed by atoms with E-state index in [-0.39, 0.29) is 17.0 Å². The SMILES string of the molecule is O=c1[nH]cnc2nc(/N=N/N(CCCl)CCCl)[nH]c12. The molecular formula is C9H11Cl2N7O. The third-order valence-corrected chi connectivity index (χ3v) is 2.57. The van der Waals surface area contributed by atoms with Gasteiger partial charge in [0.1, 0.15) is 0 Å². The first-order chi connectivity index (χ1) is 9.24. The molecule has 0 amide bonds. The van der Waals surface area contributed by atoms with E-state index in [0.29, 0.717) is 30.5 Å². The number of fused-ring (bicyclic) bond motifs is 1. The number of imidazole rings is 1. The monoisotopic (exact) mass is 303 g/mol. The molecule has 0 atom stereocenters. The second-order valence-corrected chi connectivity index (χ2v) is 4.27. The summed E-state index contributed by atoms with van der Waals surface area (Å²) in [5.41, 5.74) is 0.244. The maximum atomic E-state index is 11.5. The second-order valence-electron chi connectivity index (χ2n) is 3.51. The molecule has 0 saturated heterocycles. The molecule has 102 valence electrons. The van der Waals surface area contributed by atoms with Crippen LogP contribution in [0.15, 0.2) is 21.5 Å². The van der Waals surface area contributed by atoms with Crippen LogP contribution in [0.4, 0.5) is 5.95 Å². The van der Waals surface area contributed by atoms with E-state index >= 15 is 0 Å². The molecule has 0 aliphatic rings. The van der Waals surface area contributed by atoms with Crippen molar-refractivity contribution in [2.24, 2.45) is 10.3 Å². The minimum atomic E-state index is -0.308. The fraction of sp³-hybridized carbons (Fsp3) is 0.444. The smallest absolute Gasteiger partial charge is 0.276 e. The number of nitrogens with one attached hydrogen (secondary N) is 2. The van der Waals surface area contributed by atoms with Gasteiger partial charge in [-0.15, -0.1) is 23.2 Å². The van der Waals surface area contributed by atoms with Gasteiger partial charge in [-0.25, -0.2) is 4.98 Å². The largest absolute Gasteiger partial charge is 0.315 e. The molecule has 0 aliphatic heterocycles. The van der Waals surface area contributed by atoms with Crippen LogP contribution in [0.25, 0.3) is 11.2 Å². The molecule has 10 heteroatoms. The number of aromatic nitrogens is 4. The van der Waals surface area contributed by atoms with Gasteiger partial charge < -0.3 is 9.97 Å². The van der Waals surface area contributed by atoms with E-state index in [2.05, 4.69) is 30.3 Å². The minimum Gasteiger partial charge on any atom is -0.315 e. The van der Waals surface area contributed by atoms with Gasteiger partial charge in [0, 0.05) is 11.8 Å². The number of alkyl halides is 2. The van der Waals surface area contributed by atoms with E-state index in [4.69, 9.17) is 23.2 Å². The van der Waals surface area contributed by atoms with Crippen LogP contribution in [0.1, 0.15) is 0 Å². The molecular weight excluding hydrogens is 293 g/mol. The molecule has 8 nitrogen and oxygen atoms in total. The van der Waals surface area contributed by atoms with Crippen LogP contribution in [-0.2, 0) is 0 Å². The third-order valence-electron chi connectivity index (χ3n) is 2.23. The number of nitrogens with zero attached hydrogens (tertiary/aromatic N) is 5. The molecule has 0 aliphatic carbocycles. The highest BCUT2D eigenvalue weighted by Crippen LogP contribution is 2.11. The van der Waals surface area contributed by atoms with Crippen molar-refractivity contribution in [3.63, 3.8) is 0 Å². The zero-order chi connectivity index (χ0) is 13.7. The molecule has 0 saturated carbocycles. The Balaban J connectivity index is 2.20. The summed E-state index contributed by atoms with van der Waals surface area (Å²) < 4.78 is 0. The van der Waals surface area contributed by atoms with Gasteiger partial charge in [-0.2, -0.15) is 4.98 Å². The molecule has 0 aromatic carbocycles. The van der Waals surface area contributed by atoms with Crippen LogP contribution in [0.2, 0.25) is 0 Å². The molecule has 0 spiro atoms. The molecule has 0 fully saturated rings.